The smallest absolute Gasteiger partial charge is 0.271 e. The second-order valence-corrected chi connectivity index (χ2v) is 10.4. The van der Waals surface area contributed by atoms with Gasteiger partial charge >= 0.3 is 0 Å². The molecule has 0 radical (unpaired) electrons. The fourth-order valence-electron chi connectivity index (χ4n) is 4.51. The maximum absolute atomic E-state index is 14.0. The molecule has 1 atom stereocenters. The van der Waals surface area contributed by atoms with E-state index in [1.165, 1.54) is 11.3 Å². The van der Waals surface area contributed by atoms with E-state index in [0.717, 1.165) is 5.56 Å². The molecule has 0 unspecified atom stereocenters. The van der Waals surface area contributed by atoms with Gasteiger partial charge in [0.25, 0.3) is 11.5 Å². The first-order valence-electron chi connectivity index (χ1n) is 12.5. The molecule has 4 aromatic rings. The lowest BCUT2D eigenvalue weighted by Gasteiger charge is -2.25. The predicted molar refractivity (Wildman–Crippen MR) is 159 cm³/mol. The number of amides is 1. The SMILES string of the molecule is C=CCOc1ccc(Cl)cc1/C=c1\sc2n(c1=O)[C@@H](c1cccc(OC)c1)C(C(=O)Nc1ccccc1)=C(C)N=2. The molecule has 202 valence electrons. The minimum Gasteiger partial charge on any atom is -0.497 e. The van der Waals surface area contributed by atoms with Gasteiger partial charge in [-0.05, 0) is 61.0 Å². The average molecular weight is 572 g/mol. The normalized spacial score (nSPS) is 14.8. The van der Waals surface area contributed by atoms with Crippen LogP contribution in [-0.4, -0.2) is 24.2 Å². The summed E-state index contributed by atoms with van der Waals surface area (Å²) in [6, 6.07) is 21.0. The standard InChI is InChI=1S/C31H26ClN3O4S/c1-4-15-39-25-14-13-22(32)16-21(25)18-26-30(37)35-28(20-9-8-12-24(17-20)38-3)27(19(2)33-31(35)40-26)29(36)34-23-10-6-5-7-11-23/h4-14,16-18,28H,1,15H2,2-3H3,(H,34,36)/b26-18-/t28-/m0/s1. The predicted octanol–water partition coefficient (Wildman–Crippen LogP) is 5.10. The number of anilines is 1. The molecule has 5 rings (SSSR count). The summed E-state index contributed by atoms with van der Waals surface area (Å²) in [7, 11) is 1.58. The zero-order valence-corrected chi connectivity index (χ0v) is 23.5. The zero-order valence-electron chi connectivity index (χ0n) is 21.9. The highest BCUT2D eigenvalue weighted by Crippen LogP contribution is 2.32. The third-order valence-corrected chi connectivity index (χ3v) is 7.54. The van der Waals surface area contributed by atoms with Crippen LogP contribution >= 0.6 is 22.9 Å². The van der Waals surface area contributed by atoms with Gasteiger partial charge in [-0.25, -0.2) is 4.99 Å². The number of ether oxygens (including phenoxy) is 2. The minimum atomic E-state index is -0.729. The molecule has 1 aliphatic heterocycles. The maximum Gasteiger partial charge on any atom is 0.271 e. The van der Waals surface area contributed by atoms with E-state index in [4.69, 9.17) is 26.1 Å². The molecule has 7 nitrogen and oxygen atoms in total. The summed E-state index contributed by atoms with van der Waals surface area (Å²) in [6.07, 6.45) is 3.38. The van der Waals surface area contributed by atoms with Gasteiger partial charge in [0.05, 0.1) is 29.0 Å². The van der Waals surface area contributed by atoms with Crippen LogP contribution in [0.25, 0.3) is 6.08 Å². The quantitative estimate of drug-likeness (QED) is 0.298. The number of carbonyl (C=O) groups is 1. The Morgan fingerprint density at radius 2 is 1.95 bits per heavy atom. The molecular formula is C31H26ClN3O4S. The molecular weight excluding hydrogens is 546 g/mol. The van der Waals surface area contributed by atoms with Crippen LogP contribution in [0.2, 0.25) is 5.02 Å². The van der Waals surface area contributed by atoms with Gasteiger partial charge in [-0.15, -0.1) is 0 Å². The minimum absolute atomic E-state index is 0.288. The van der Waals surface area contributed by atoms with E-state index in [-0.39, 0.29) is 11.5 Å². The lowest BCUT2D eigenvalue weighted by molar-refractivity contribution is -0.113. The second kappa shape index (κ2) is 11.8. The Hall–Kier alpha value is -4.40. The van der Waals surface area contributed by atoms with Crippen LogP contribution in [0.4, 0.5) is 5.69 Å². The van der Waals surface area contributed by atoms with Gasteiger partial charge < -0.3 is 14.8 Å². The number of methoxy groups -OCH3 is 1. The highest BCUT2D eigenvalue weighted by Gasteiger charge is 2.32. The van der Waals surface area contributed by atoms with Crippen molar-refractivity contribution in [1.29, 1.82) is 0 Å². The fraction of sp³-hybridized carbons (Fsp3) is 0.129. The molecule has 0 aliphatic carbocycles. The van der Waals surface area contributed by atoms with Crippen molar-refractivity contribution >= 4 is 40.6 Å². The Morgan fingerprint density at radius 3 is 2.70 bits per heavy atom. The van der Waals surface area contributed by atoms with E-state index in [9.17, 15) is 9.59 Å². The van der Waals surface area contributed by atoms with E-state index < -0.39 is 6.04 Å². The summed E-state index contributed by atoms with van der Waals surface area (Å²) >= 11 is 7.51. The number of carbonyl (C=O) groups excluding carboxylic acids is 1. The van der Waals surface area contributed by atoms with Gasteiger partial charge in [0, 0.05) is 16.3 Å². The number of hydrogen-bond acceptors (Lipinski definition) is 6. The zero-order chi connectivity index (χ0) is 28.2. The van der Waals surface area contributed by atoms with Gasteiger partial charge in [0.1, 0.15) is 18.1 Å². The number of thiazole rings is 1. The number of aromatic nitrogens is 1. The summed E-state index contributed by atoms with van der Waals surface area (Å²) in [6.45, 7) is 5.78. The van der Waals surface area contributed by atoms with Crippen LogP contribution < -0.4 is 29.7 Å². The number of benzene rings is 3. The summed E-state index contributed by atoms with van der Waals surface area (Å²) in [5.74, 6) is 0.836. The molecule has 2 heterocycles. The second-order valence-electron chi connectivity index (χ2n) is 8.96. The number of para-hydroxylation sites is 1. The molecule has 1 amide bonds. The number of hydrogen-bond donors (Lipinski definition) is 1. The molecule has 0 bridgehead atoms. The molecule has 9 heteroatoms. The van der Waals surface area contributed by atoms with Crippen molar-refractivity contribution in [3.8, 4) is 11.5 Å². The van der Waals surface area contributed by atoms with Crippen molar-refractivity contribution in [1.82, 2.24) is 4.57 Å². The summed E-state index contributed by atoms with van der Waals surface area (Å²) < 4.78 is 13.2. The average Bonchev–Trinajstić information content (AvgIpc) is 3.26. The summed E-state index contributed by atoms with van der Waals surface area (Å²) in [4.78, 5) is 32.9. The largest absolute Gasteiger partial charge is 0.497 e. The first-order valence-corrected chi connectivity index (χ1v) is 13.6. The highest BCUT2D eigenvalue weighted by atomic mass is 35.5. The number of fused-ring (bicyclic) bond motifs is 1. The summed E-state index contributed by atoms with van der Waals surface area (Å²) in [5, 5.41) is 3.46. The lowest BCUT2D eigenvalue weighted by Crippen LogP contribution is -2.40. The topological polar surface area (TPSA) is 81.9 Å². The van der Waals surface area contributed by atoms with E-state index in [2.05, 4.69) is 11.9 Å². The van der Waals surface area contributed by atoms with Crippen LogP contribution in [0.5, 0.6) is 11.5 Å². The van der Waals surface area contributed by atoms with Gasteiger partial charge in [0.15, 0.2) is 4.80 Å². The number of nitrogens with one attached hydrogen (secondary N) is 1. The van der Waals surface area contributed by atoms with E-state index in [0.29, 0.717) is 55.0 Å². The monoisotopic (exact) mass is 571 g/mol. The summed E-state index contributed by atoms with van der Waals surface area (Å²) in [5.41, 5.74) is 2.61. The maximum atomic E-state index is 14.0. The van der Waals surface area contributed by atoms with Gasteiger partial charge in [-0.2, -0.15) is 0 Å². The first kappa shape index (κ1) is 27.2. The Morgan fingerprint density at radius 1 is 1.15 bits per heavy atom. The molecule has 40 heavy (non-hydrogen) atoms. The Bertz CT molecular complexity index is 1810. The number of allylic oxidation sites excluding steroid dienone is 1. The van der Waals surface area contributed by atoms with Crippen molar-refractivity contribution < 1.29 is 14.3 Å². The third kappa shape index (κ3) is 5.50. The van der Waals surface area contributed by atoms with E-state index in [1.54, 1.807) is 61.1 Å². The molecule has 0 fully saturated rings. The van der Waals surface area contributed by atoms with Crippen molar-refractivity contribution in [3.05, 3.63) is 133 Å². The van der Waals surface area contributed by atoms with Crippen molar-refractivity contribution in [2.24, 2.45) is 4.99 Å². The van der Waals surface area contributed by atoms with Crippen molar-refractivity contribution in [2.45, 2.75) is 13.0 Å². The van der Waals surface area contributed by atoms with Gasteiger partial charge in [0.2, 0.25) is 0 Å². The molecule has 1 aliphatic rings. The Balaban J connectivity index is 1.69. The van der Waals surface area contributed by atoms with Crippen LogP contribution in [0.15, 0.2) is 107 Å². The molecule has 3 aromatic carbocycles. The van der Waals surface area contributed by atoms with Crippen molar-refractivity contribution in [3.63, 3.8) is 0 Å². The molecule has 1 N–H and O–H groups in total. The molecule has 0 saturated carbocycles. The first-order chi connectivity index (χ1) is 19.4. The Labute approximate surface area is 240 Å². The van der Waals surface area contributed by atoms with Crippen LogP contribution in [-0.2, 0) is 4.79 Å². The number of nitrogens with zero attached hydrogens (tertiary/aromatic N) is 2. The molecule has 1 aromatic heterocycles. The van der Waals surface area contributed by atoms with Gasteiger partial charge in [-0.1, -0.05) is 65.9 Å². The van der Waals surface area contributed by atoms with Crippen molar-refractivity contribution in [2.75, 3.05) is 19.0 Å². The fourth-order valence-corrected chi connectivity index (χ4v) is 5.73. The van der Waals surface area contributed by atoms with Crippen LogP contribution in [0.1, 0.15) is 24.1 Å². The number of halogens is 1. The molecule has 0 spiro atoms. The highest BCUT2D eigenvalue weighted by molar-refractivity contribution is 7.07. The Kier molecular flexibility index (Phi) is 8.00. The number of rotatable bonds is 8. The molecule has 0 saturated heterocycles. The van der Waals surface area contributed by atoms with Crippen LogP contribution in [0, 0.1) is 0 Å². The van der Waals surface area contributed by atoms with E-state index >= 15 is 0 Å². The van der Waals surface area contributed by atoms with E-state index in [1.807, 2.05) is 42.5 Å². The van der Waals surface area contributed by atoms with Gasteiger partial charge in [-0.3, -0.25) is 14.2 Å². The lowest BCUT2D eigenvalue weighted by atomic mass is 9.95. The van der Waals surface area contributed by atoms with Crippen LogP contribution in [0.3, 0.4) is 0 Å². The third-order valence-electron chi connectivity index (χ3n) is 6.32.